The van der Waals surface area contributed by atoms with Crippen LogP contribution in [0.15, 0.2) is 42.9 Å². The van der Waals surface area contributed by atoms with Gasteiger partial charge in [0.1, 0.15) is 0 Å². The molecule has 1 aromatic carbocycles. The van der Waals surface area contributed by atoms with Crippen LogP contribution in [0.4, 0.5) is 5.69 Å². The van der Waals surface area contributed by atoms with E-state index in [0.717, 1.165) is 10.9 Å². The average molecular weight is 211 g/mol. The fourth-order valence-electron chi connectivity index (χ4n) is 1.52. The SMILES string of the molecule is Nc1cnn(-c2ncc3ccccc3n2)c1. The van der Waals surface area contributed by atoms with Gasteiger partial charge in [0, 0.05) is 11.6 Å². The fourth-order valence-corrected chi connectivity index (χ4v) is 1.52. The van der Waals surface area contributed by atoms with Crippen LogP contribution < -0.4 is 5.73 Å². The van der Waals surface area contributed by atoms with Crippen molar-refractivity contribution in [2.75, 3.05) is 5.73 Å². The summed E-state index contributed by atoms with van der Waals surface area (Å²) in [5.41, 5.74) is 7.07. The van der Waals surface area contributed by atoms with Crippen molar-refractivity contribution in [1.29, 1.82) is 0 Å². The van der Waals surface area contributed by atoms with Crippen molar-refractivity contribution in [3.63, 3.8) is 0 Å². The molecular formula is C11H9N5. The van der Waals surface area contributed by atoms with Crippen LogP contribution in [-0.4, -0.2) is 19.7 Å². The molecule has 5 heteroatoms. The van der Waals surface area contributed by atoms with Gasteiger partial charge in [-0.05, 0) is 6.07 Å². The van der Waals surface area contributed by atoms with Crippen LogP contribution in [0.25, 0.3) is 16.9 Å². The Hall–Kier alpha value is -2.43. The Labute approximate surface area is 91.6 Å². The van der Waals surface area contributed by atoms with Gasteiger partial charge < -0.3 is 5.73 Å². The van der Waals surface area contributed by atoms with Crippen LogP contribution in [0.1, 0.15) is 0 Å². The number of benzene rings is 1. The third kappa shape index (κ3) is 1.38. The van der Waals surface area contributed by atoms with Gasteiger partial charge in [0.25, 0.3) is 5.95 Å². The van der Waals surface area contributed by atoms with Gasteiger partial charge in [0.05, 0.1) is 23.6 Å². The van der Waals surface area contributed by atoms with Crippen LogP contribution in [0.2, 0.25) is 0 Å². The second kappa shape index (κ2) is 3.30. The number of aromatic nitrogens is 4. The molecule has 0 amide bonds. The number of nitrogen functional groups attached to an aromatic ring is 1. The molecule has 0 aliphatic rings. The highest BCUT2D eigenvalue weighted by molar-refractivity contribution is 5.77. The molecule has 0 atom stereocenters. The second-order valence-electron chi connectivity index (χ2n) is 3.45. The number of nitrogens with zero attached hydrogens (tertiary/aromatic N) is 4. The van der Waals surface area contributed by atoms with E-state index in [1.165, 1.54) is 0 Å². The molecule has 3 rings (SSSR count). The van der Waals surface area contributed by atoms with Crippen molar-refractivity contribution in [2.24, 2.45) is 0 Å². The molecule has 2 heterocycles. The van der Waals surface area contributed by atoms with Gasteiger partial charge in [-0.3, -0.25) is 0 Å². The first-order chi connectivity index (χ1) is 7.83. The summed E-state index contributed by atoms with van der Waals surface area (Å²) in [5, 5.41) is 5.07. The lowest BCUT2D eigenvalue weighted by Gasteiger charge is -2.00. The molecule has 2 aromatic heterocycles. The van der Waals surface area contributed by atoms with Gasteiger partial charge in [-0.15, -0.1) is 0 Å². The zero-order valence-corrected chi connectivity index (χ0v) is 8.41. The van der Waals surface area contributed by atoms with Gasteiger partial charge >= 0.3 is 0 Å². The molecule has 0 spiro atoms. The number of nitrogens with two attached hydrogens (primary N) is 1. The number of para-hydroxylation sites is 1. The summed E-state index contributed by atoms with van der Waals surface area (Å²) >= 11 is 0. The lowest BCUT2D eigenvalue weighted by Crippen LogP contribution is -2.01. The van der Waals surface area contributed by atoms with Crippen molar-refractivity contribution in [1.82, 2.24) is 19.7 Å². The monoisotopic (exact) mass is 211 g/mol. The van der Waals surface area contributed by atoms with E-state index in [0.29, 0.717) is 11.6 Å². The van der Waals surface area contributed by atoms with E-state index in [-0.39, 0.29) is 0 Å². The first-order valence-corrected chi connectivity index (χ1v) is 4.85. The molecule has 5 nitrogen and oxygen atoms in total. The molecular weight excluding hydrogens is 202 g/mol. The molecule has 0 fully saturated rings. The van der Waals surface area contributed by atoms with E-state index in [9.17, 15) is 0 Å². The lowest BCUT2D eigenvalue weighted by molar-refractivity contribution is 0.816. The standard InChI is InChI=1S/C11H9N5/c12-9-6-14-16(7-9)11-13-5-8-3-1-2-4-10(8)15-11/h1-7H,12H2. The highest BCUT2D eigenvalue weighted by Crippen LogP contribution is 2.11. The maximum Gasteiger partial charge on any atom is 0.251 e. The number of anilines is 1. The molecule has 0 unspecified atom stereocenters. The molecule has 0 aliphatic carbocycles. The molecule has 0 saturated carbocycles. The van der Waals surface area contributed by atoms with Crippen molar-refractivity contribution in [3.05, 3.63) is 42.9 Å². The zero-order valence-electron chi connectivity index (χ0n) is 8.41. The second-order valence-corrected chi connectivity index (χ2v) is 3.45. The van der Waals surface area contributed by atoms with Crippen LogP contribution in [0.5, 0.6) is 0 Å². The first-order valence-electron chi connectivity index (χ1n) is 4.85. The predicted octanol–water partition coefficient (Wildman–Crippen LogP) is 1.40. The van der Waals surface area contributed by atoms with E-state index >= 15 is 0 Å². The molecule has 0 radical (unpaired) electrons. The Bertz CT molecular complexity index is 643. The largest absolute Gasteiger partial charge is 0.396 e. The molecule has 2 N–H and O–H groups in total. The number of fused-ring (bicyclic) bond motifs is 1. The van der Waals surface area contributed by atoms with Crippen molar-refractivity contribution in [3.8, 4) is 5.95 Å². The van der Waals surface area contributed by atoms with Gasteiger partial charge in [-0.2, -0.15) is 5.10 Å². The summed E-state index contributed by atoms with van der Waals surface area (Å²) in [4.78, 5) is 8.62. The van der Waals surface area contributed by atoms with E-state index in [2.05, 4.69) is 15.1 Å². The Morgan fingerprint density at radius 2 is 2.00 bits per heavy atom. The molecule has 3 aromatic rings. The highest BCUT2D eigenvalue weighted by Gasteiger charge is 2.02. The van der Waals surface area contributed by atoms with Crippen molar-refractivity contribution in [2.45, 2.75) is 0 Å². The van der Waals surface area contributed by atoms with E-state index < -0.39 is 0 Å². The van der Waals surface area contributed by atoms with E-state index in [1.807, 2.05) is 24.3 Å². The summed E-state index contributed by atoms with van der Waals surface area (Å²) in [5.74, 6) is 0.524. The maximum atomic E-state index is 5.59. The van der Waals surface area contributed by atoms with Crippen molar-refractivity contribution >= 4 is 16.6 Å². The molecule has 0 saturated heterocycles. The van der Waals surface area contributed by atoms with E-state index in [1.54, 1.807) is 23.3 Å². The minimum Gasteiger partial charge on any atom is -0.396 e. The topological polar surface area (TPSA) is 69.6 Å². The van der Waals surface area contributed by atoms with Crippen LogP contribution in [-0.2, 0) is 0 Å². The van der Waals surface area contributed by atoms with Gasteiger partial charge in [0.15, 0.2) is 0 Å². The van der Waals surface area contributed by atoms with Crippen LogP contribution in [0, 0.1) is 0 Å². The fraction of sp³-hybridized carbons (Fsp3) is 0. The zero-order chi connectivity index (χ0) is 11.0. The maximum absolute atomic E-state index is 5.59. The van der Waals surface area contributed by atoms with Gasteiger partial charge in [-0.25, -0.2) is 14.6 Å². The molecule has 16 heavy (non-hydrogen) atoms. The highest BCUT2D eigenvalue weighted by atomic mass is 15.3. The molecule has 78 valence electrons. The summed E-state index contributed by atoms with van der Waals surface area (Å²) in [6, 6.07) is 7.80. The Morgan fingerprint density at radius 1 is 1.12 bits per heavy atom. The Kier molecular flexibility index (Phi) is 1.83. The summed E-state index contributed by atoms with van der Waals surface area (Å²) in [6.07, 6.45) is 5.03. The minimum absolute atomic E-state index is 0.524. The quantitative estimate of drug-likeness (QED) is 0.660. The first kappa shape index (κ1) is 8.84. The third-order valence-electron chi connectivity index (χ3n) is 2.28. The minimum atomic E-state index is 0.524. The Balaban J connectivity index is 2.18. The number of rotatable bonds is 1. The van der Waals surface area contributed by atoms with E-state index in [4.69, 9.17) is 5.73 Å². The molecule has 0 bridgehead atoms. The summed E-state index contributed by atoms with van der Waals surface area (Å²) < 4.78 is 1.56. The van der Waals surface area contributed by atoms with Crippen LogP contribution in [0.3, 0.4) is 0 Å². The van der Waals surface area contributed by atoms with Crippen LogP contribution >= 0.6 is 0 Å². The average Bonchev–Trinajstić information content (AvgIpc) is 2.75. The van der Waals surface area contributed by atoms with Crippen molar-refractivity contribution < 1.29 is 0 Å². The number of hydrogen-bond acceptors (Lipinski definition) is 4. The number of hydrogen-bond donors (Lipinski definition) is 1. The van der Waals surface area contributed by atoms with Gasteiger partial charge in [0.2, 0.25) is 0 Å². The third-order valence-corrected chi connectivity index (χ3v) is 2.28. The predicted molar refractivity (Wildman–Crippen MR) is 61.1 cm³/mol. The lowest BCUT2D eigenvalue weighted by atomic mass is 10.2. The summed E-state index contributed by atoms with van der Waals surface area (Å²) in [6.45, 7) is 0. The Morgan fingerprint density at radius 3 is 2.81 bits per heavy atom. The normalized spacial score (nSPS) is 10.8. The molecule has 0 aliphatic heterocycles. The van der Waals surface area contributed by atoms with Gasteiger partial charge in [-0.1, -0.05) is 18.2 Å². The smallest absolute Gasteiger partial charge is 0.251 e. The summed E-state index contributed by atoms with van der Waals surface area (Å²) in [7, 11) is 0.